The van der Waals surface area contributed by atoms with Crippen molar-refractivity contribution in [3.63, 3.8) is 0 Å². The van der Waals surface area contributed by atoms with E-state index >= 15 is 0 Å². The van der Waals surface area contributed by atoms with Gasteiger partial charge in [0.05, 0.1) is 12.4 Å². The molecule has 1 heterocycles. The van der Waals surface area contributed by atoms with Crippen LogP contribution < -0.4 is 4.74 Å². The Morgan fingerprint density at radius 1 is 1.04 bits per heavy atom. The summed E-state index contributed by atoms with van der Waals surface area (Å²) >= 11 is 0. The highest BCUT2D eigenvalue weighted by Crippen LogP contribution is 2.23. The Morgan fingerprint density at radius 2 is 1.65 bits per heavy atom. The van der Waals surface area contributed by atoms with E-state index in [4.69, 9.17) is 4.74 Å². The number of halogens is 1. The van der Waals surface area contributed by atoms with Gasteiger partial charge in [0.25, 0.3) is 0 Å². The van der Waals surface area contributed by atoms with Gasteiger partial charge in [-0.3, -0.25) is 0 Å². The molecule has 26 heavy (non-hydrogen) atoms. The van der Waals surface area contributed by atoms with E-state index in [-0.39, 0.29) is 11.6 Å². The Labute approximate surface area is 154 Å². The Kier molecular flexibility index (Phi) is 5.94. The van der Waals surface area contributed by atoms with Crippen molar-refractivity contribution in [2.45, 2.75) is 25.5 Å². The van der Waals surface area contributed by atoms with Gasteiger partial charge in [-0.25, -0.2) is 17.1 Å². The zero-order chi connectivity index (χ0) is 18.6. The second-order valence-electron chi connectivity index (χ2n) is 6.85. The number of rotatable bonds is 6. The van der Waals surface area contributed by atoms with E-state index in [0.29, 0.717) is 31.4 Å². The minimum atomic E-state index is -3.29. The van der Waals surface area contributed by atoms with Crippen LogP contribution in [0, 0.1) is 18.7 Å². The maximum Gasteiger partial charge on any atom is 0.218 e. The van der Waals surface area contributed by atoms with Crippen molar-refractivity contribution in [3.05, 3.63) is 65.5 Å². The molecule has 140 valence electrons. The van der Waals surface area contributed by atoms with Crippen molar-refractivity contribution in [1.29, 1.82) is 0 Å². The third kappa shape index (κ3) is 5.05. The lowest BCUT2D eigenvalue weighted by Crippen LogP contribution is -2.40. The molecule has 1 saturated heterocycles. The number of hydrogen-bond donors (Lipinski definition) is 0. The maximum absolute atomic E-state index is 12.9. The summed E-state index contributed by atoms with van der Waals surface area (Å²) in [6, 6.07) is 13.6. The molecule has 0 aliphatic carbocycles. The summed E-state index contributed by atoms with van der Waals surface area (Å²) < 4.78 is 45.4. The van der Waals surface area contributed by atoms with Crippen molar-refractivity contribution in [2.75, 3.05) is 19.7 Å². The second kappa shape index (κ2) is 8.18. The quantitative estimate of drug-likeness (QED) is 0.770. The van der Waals surface area contributed by atoms with Crippen LogP contribution in [0.1, 0.15) is 24.0 Å². The van der Waals surface area contributed by atoms with E-state index in [1.165, 1.54) is 12.1 Å². The fourth-order valence-electron chi connectivity index (χ4n) is 3.09. The number of benzene rings is 2. The van der Waals surface area contributed by atoms with Gasteiger partial charge in [0, 0.05) is 13.1 Å². The Morgan fingerprint density at radius 3 is 2.27 bits per heavy atom. The number of hydrogen-bond acceptors (Lipinski definition) is 3. The zero-order valence-corrected chi connectivity index (χ0v) is 15.7. The van der Waals surface area contributed by atoms with Crippen LogP contribution in [-0.2, 0) is 15.8 Å². The molecule has 1 aliphatic rings. The Hall–Kier alpha value is -1.92. The summed E-state index contributed by atoms with van der Waals surface area (Å²) in [6.45, 7) is 3.55. The molecule has 2 aromatic carbocycles. The highest BCUT2D eigenvalue weighted by atomic mass is 32.2. The van der Waals surface area contributed by atoms with Crippen molar-refractivity contribution >= 4 is 10.0 Å². The third-order valence-electron chi connectivity index (χ3n) is 4.74. The molecular formula is C20H24FNO3S. The smallest absolute Gasteiger partial charge is 0.218 e. The van der Waals surface area contributed by atoms with Crippen LogP contribution in [0.4, 0.5) is 4.39 Å². The zero-order valence-electron chi connectivity index (χ0n) is 14.9. The number of sulfonamides is 1. The summed E-state index contributed by atoms with van der Waals surface area (Å²) in [7, 11) is -3.29. The monoisotopic (exact) mass is 377 g/mol. The molecular weight excluding hydrogens is 353 g/mol. The van der Waals surface area contributed by atoms with Crippen LogP contribution in [-0.4, -0.2) is 32.4 Å². The number of aryl methyl sites for hydroxylation is 1. The van der Waals surface area contributed by atoms with Gasteiger partial charge >= 0.3 is 0 Å². The number of ether oxygens (including phenoxy) is 1. The molecule has 6 heteroatoms. The molecule has 0 saturated carbocycles. The highest BCUT2D eigenvalue weighted by Gasteiger charge is 2.28. The van der Waals surface area contributed by atoms with Gasteiger partial charge < -0.3 is 4.74 Å². The van der Waals surface area contributed by atoms with E-state index in [9.17, 15) is 12.8 Å². The minimum absolute atomic E-state index is 0.0457. The third-order valence-corrected chi connectivity index (χ3v) is 6.59. The van der Waals surface area contributed by atoms with Crippen molar-refractivity contribution in [2.24, 2.45) is 5.92 Å². The highest BCUT2D eigenvalue weighted by molar-refractivity contribution is 7.88. The first kappa shape index (κ1) is 18.9. The predicted molar refractivity (Wildman–Crippen MR) is 100.0 cm³/mol. The van der Waals surface area contributed by atoms with E-state index in [0.717, 1.165) is 24.0 Å². The fourth-order valence-corrected chi connectivity index (χ4v) is 4.65. The summed E-state index contributed by atoms with van der Waals surface area (Å²) in [5.74, 6) is 0.709. The van der Waals surface area contributed by atoms with E-state index in [1.54, 1.807) is 16.4 Å². The standard InChI is InChI=1S/C20H24FNO3S/c1-16-2-4-18(5-3-16)15-26(23,24)22-12-10-17(11-13-22)14-25-20-8-6-19(21)7-9-20/h2-9,17H,10-15H2,1H3. The Bertz CT molecular complexity index is 811. The summed E-state index contributed by atoms with van der Waals surface area (Å²) in [5.41, 5.74) is 1.94. The van der Waals surface area contributed by atoms with Crippen molar-refractivity contribution in [3.8, 4) is 5.75 Å². The summed E-state index contributed by atoms with van der Waals surface area (Å²) in [6.07, 6.45) is 1.54. The average molecular weight is 377 g/mol. The molecule has 0 aromatic heterocycles. The lowest BCUT2D eigenvalue weighted by molar-refractivity contribution is 0.185. The Balaban J connectivity index is 1.49. The van der Waals surface area contributed by atoms with Gasteiger partial charge in [-0.1, -0.05) is 29.8 Å². The second-order valence-corrected chi connectivity index (χ2v) is 8.82. The molecule has 2 aromatic rings. The maximum atomic E-state index is 12.9. The lowest BCUT2D eigenvalue weighted by Gasteiger charge is -2.31. The first-order valence-electron chi connectivity index (χ1n) is 8.84. The van der Waals surface area contributed by atoms with Crippen LogP contribution >= 0.6 is 0 Å². The van der Waals surface area contributed by atoms with Gasteiger partial charge in [0.15, 0.2) is 0 Å². The molecule has 0 bridgehead atoms. The van der Waals surface area contributed by atoms with Crippen molar-refractivity contribution in [1.82, 2.24) is 4.31 Å². The van der Waals surface area contributed by atoms with E-state index in [2.05, 4.69) is 0 Å². The fraction of sp³-hybridized carbons (Fsp3) is 0.400. The SMILES string of the molecule is Cc1ccc(CS(=O)(=O)N2CCC(COc3ccc(F)cc3)CC2)cc1. The normalized spacial score (nSPS) is 16.5. The summed E-state index contributed by atoms with van der Waals surface area (Å²) in [4.78, 5) is 0. The molecule has 3 rings (SSSR count). The molecule has 0 amide bonds. The molecule has 0 radical (unpaired) electrons. The largest absolute Gasteiger partial charge is 0.493 e. The van der Waals surface area contributed by atoms with E-state index in [1.807, 2.05) is 31.2 Å². The molecule has 1 aliphatic heterocycles. The van der Waals surface area contributed by atoms with Crippen LogP contribution in [0.25, 0.3) is 0 Å². The number of nitrogens with zero attached hydrogens (tertiary/aromatic N) is 1. The van der Waals surface area contributed by atoms with Crippen LogP contribution in [0.3, 0.4) is 0 Å². The van der Waals surface area contributed by atoms with Gasteiger partial charge in [0.2, 0.25) is 10.0 Å². The van der Waals surface area contributed by atoms with Crippen LogP contribution in [0.15, 0.2) is 48.5 Å². The molecule has 4 nitrogen and oxygen atoms in total. The van der Waals surface area contributed by atoms with Gasteiger partial charge in [-0.2, -0.15) is 0 Å². The average Bonchev–Trinajstić information content (AvgIpc) is 2.63. The minimum Gasteiger partial charge on any atom is -0.493 e. The van der Waals surface area contributed by atoms with Crippen LogP contribution in [0.2, 0.25) is 0 Å². The van der Waals surface area contributed by atoms with Gasteiger partial charge in [0.1, 0.15) is 11.6 Å². The lowest BCUT2D eigenvalue weighted by atomic mass is 9.99. The van der Waals surface area contributed by atoms with Crippen LogP contribution in [0.5, 0.6) is 5.75 Å². The first-order chi connectivity index (χ1) is 12.4. The predicted octanol–water partition coefficient (Wildman–Crippen LogP) is 3.75. The molecule has 1 fully saturated rings. The van der Waals surface area contributed by atoms with Gasteiger partial charge in [-0.05, 0) is 55.5 Å². The van der Waals surface area contributed by atoms with E-state index < -0.39 is 10.0 Å². The topological polar surface area (TPSA) is 46.6 Å². The molecule has 0 atom stereocenters. The molecule has 0 N–H and O–H groups in total. The molecule has 0 unspecified atom stereocenters. The summed E-state index contributed by atoms with van der Waals surface area (Å²) in [5, 5.41) is 0. The van der Waals surface area contributed by atoms with Crippen molar-refractivity contribution < 1.29 is 17.5 Å². The number of piperidine rings is 1. The first-order valence-corrected chi connectivity index (χ1v) is 10.4. The molecule has 0 spiro atoms. The van der Waals surface area contributed by atoms with Gasteiger partial charge in [-0.15, -0.1) is 0 Å².